The Hall–Kier alpha value is -3.54. The lowest BCUT2D eigenvalue weighted by atomic mass is 9.73. The molecule has 0 aromatic heterocycles. The molecule has 1 saturated heterocycles. The van der Waals surface area contributed by atoms with Gasteiger partial charge in [-0.25, -0.2) is 0 Å². The average Bonchev–Trinajstić information content (AvgIpc) is 3.28. The third-order valence-corrected chi connectivity index (χ3v) is 7.84. The molecule has 8 heteroatoms. The van der Waals surface area contributed by atoms with Gasteiger partial charge in [0, 0.05) is 48.7 Å². The minimum Gasteiger partial charge on any atom is -0.492 e. The molecule has 8 nitrogen and oxygen atoms in total. The number of fused-ring (bicyclic) bond motifs is 2. The number of carbonyl (C=O) groups is 3. The van der Waals surface area contributed by atoms with Gasteiger partial charge in [0.2, 0.25) is 5.91 Å². The summed E-state index contributed by atoms with van der Waals surface area (Å²) in [4.78, 5) is 39.7. The third-order valence-electron chi connectivity index (χ3n) is 7.84. The average molecular weight is 503 g/mol. The highest BCUT2D eigenvalue weighted by molar-refractivity contribution is 5.82. The molecule has 1 spiro atoms. The van der Waals surface area contributed by atoms with Crippen LogP contribution in [-0.2, 0) is 28.1 Å². The van der Waals surface area contributed by atoms with Crippen molar-refractivity contribution >= 4 is 18.5 Å². The van der Waals surface area contributed by atoms with E-state index in [1.54, 1.807) is 7.05 Å². The maximum absolute atomic E-state index is 12.5. The molecule has 0 saturated carbocycles. The molecule has 2 aromatic carbocycles. The first-order chi connectivity index (χ1) is 17.9. The second-order valence-electron chi connectivity index (χ2n) is 10.1. The number of rotatable bonds is 10. The van der Waals surface area contributed by atoms with Crippen LogP contribution >= 0.6 is 0 Å². The zero-order valence-corrected chi connectivity index (χ0v) is 21.5. The fraction of sp³-hybridized carbons (Fsp3) is 0.448. The van der Waals surface area contributed by atoms with Crippen LogP contribution in [0.25, 0.3) is 0 Å². The zero-order chi connectivity index (χ0) is 26.4. The van der Waals surface area contributed by atoms with Gasteiger partial charge in [-0.15, -0.1) is 0 Å². The summed E-state index contributed by atoms with van der Waals surface area (Å²) in [6.07, 6.45) is 4.26. The Morgan fingerprint density at radius 2 is 1.95 bits per heavy atom. The van der Waals surface area contributed by atoms with Gasteiger partial charge in [-0.2, -0.15) is 5.26 Å². The van der Waals surface area contributed by atoms with Crippen molar-refractivity contribution in [2.45, 2.75) is 50.2 Å². The lowest BCUT2D eigenvalue weighted by Crippen LogP contribution is -2.44. The van der Waals surface area contributed by atoms with E-state index in [0.717, 1.165) is 61.9 Å². The van der Waals surface area contributed by atoms with Crippen LogP contribution in [0.4, 0.5) is 0 Å². The zero-order valence-electron chi connectivity index (χ0n) is 21.5. The number of likely N-dealkylation sites (tertiary alicyclic amines) is 1. The summed E-state index contributed by atoms with van der Waals surface area (Å²) in [6.45, 7) is 3.65. The van der Waals surface area contributed by atoms with E-state index in [1.165, 1.54) is 5.56 Å². The topological polar surface area (TPSA) is 103 Å². The highest BCUT2D eigenvalue weighted by Gasteiger charge is 2.44. The molecule has 1 N–H and O–H groups in total. The first kappa shape index (κ1) is 26.5. The Morgan fingerprint density at radius 3 is 2.57 bits per heavy atom. The molecule has 0 radical (unpaired) electrons. The van der Waals surface area contributed by atoms with Crippen LogP contribution in [0.3, 0.4) is 0 Å². The fourth-order valence-electron chi connectivity index (χ4n) is 5.59. The normalized spacial score (nSPS) is 17.0. The maximum atomic E-state index is 12.5. The molecule has 194 valence electrons. The van der Waals surface area contributed by atoms with E-state index in [9.17, 15) is 14.4 Å². The molecule has 1 unspecified atom stereocenters. The van der Waals surface area contributed by atoms with E-state index in [2.05, 4.69) is 16.3 Å². The van der Waals surface area contributed by atoms with Crippen LogP contribution in [0.5, 0.6) is 5.75 Å². The number of piperidine rings is 1. The Morgan fingerprint density at radius 1 is 1.22 bits per heavy atom. The predicted octanol–water partition coefficient (Wildman–Crippen LogP) is 2.82. The Bertz CT molecular complexity index is 1180. The van der Waals surface area contributed by atoms with Crippen molar-refractivity contribution in [3.8, 4) is 11.8 Å². The van der Waals surface area contributed by atoms with E-state index >= 15 is 0 Å². The molecule has 2 aromatic rings. The summed E-state index contributed by atoms with van der Waals surface area (Å²) in [5, 5.41) is 11.7. The second kappa shape index (κ2) is 11.7. The van der Waals surface area contributed by atoms with Crippen LogP contribution in [0.1, 0.15) is 58.3 Å². The lowest BCUT2D eigenvalue weighted by molar-refractivity contribution is -0.126. The fourth-order valence-corrected chi connectivity index (χ4v) is 5.59. The maximum Gasteiger partial charge on any atom is 0.237 e. The number of hydrogen-bond acceptors (Lipinski definition) is 7. The number of nitrogens with one attached hydrogen (secondary N) is 1. The van der Waals surface area contributed by atoms with Gasteiger partial charge in [0.25, 0.3) is 0 Å². The monoisotopic (exact) mass is 502 g/mol. The van der Waals surface area contributed by atoms with Crippen molar-refractivity contribution in [1.82, 2.24) is 15.1 Å². The van der Waals surface area contributed by atoms with Gasteiger partial charge in [0.05, 0.1) is 24.3 Å². The van der Waals surface area contributed by atoms with Crippen molar-refractivity contribution in [2.24, 2.45) is 0 Å². The number of carbonyl (C=O) groups excluding carboxylic acids is 3. The van der Waals surface area contributed by atoms with Crippen molar-refractivity contribution in [3.05, 3.63) is 64.2 Å². The van der Waals surface area contributed by atoms with Gasteiger partial charge in [-0.1, -0.05) is 24.3 Å². The summed E-state index contributed by atoms with van der Waals surface area (Å²) in [6, 6.07) is 13.3. The Labute approximate surface area is 218 Å². The summed E-state index contributed by atoms with van der Waals surface area (Å²) in [5.41, 5.74) is 4.27. The van der Waals surface area contributed by atoms with Crippen molar-refractivity contribution in [2.75, 3.05) is 33.8 Å². The highest BCUT2D eigenvalue weighted by atomic mass is 16.5. The molecule has 2 heterocycles. The van der Waals surface area contributed by atoms with Crippen LogP contribution in [0.15, 0.2) is 36.4 Å². The van der Waals surface area contributed by atoms with Crippen LogP contribution in [0.2, 0.25) is 0 Å². The number of aldehydes is 2. The smallest absolute Gasteiger partial charge is 0.237 e. The number of nitrogens with zero attached hydrogens (tertiary/aromatic N) is 3. The Kier molecular flexibility index (Phi) is 8.37. The third kappa shape index (κ3) is 5.58. The summed E-state index contributed by atoms with van der Waals surface area (Å²) < 4.78 is 6.30. The van der Waals surface area contributed by atoms with Crippen LogP contribution < -0.4 is 10.1 Å². The molecule has 2 aliphatic heterocycles. The molecular weight excluding hydrogens is 468 g/mol. The van der Waals surface area contributed by atoms with Crippen molar-refractivity contribution in [1.29, 1.82) is 5.26 Å². The van der Waals surface area contributed by atoms with Gasteiger partial charge in [-0.05, 0) is 57.1 Å². The number of nitriles is 1. The SMILES string of the molecule is CNC(=O)C(CCC=O)N(C)Cc1c(C=O)ccc2c1OCC21CCN(Cc2ccc(C#N)cc2)CC1. The Balaban J connectivity index is 1.51. The first-order valence-corrected chi connectivity index (χ1v) is 12.8. The standard InChI is InChI=1S/C29H34N4O4/c1-31-28(36)26(4-3-15-34)32(2)18-24-23(19-35)9-10-25-27(24)37-20-29(25)11-13-33(14-12-29)17-22-7-5-21(16-30)6-8-22/h5-10,15,19,26H,3-4,11-14,17-18,20H2,1-2H3,(H,31,36). The van der Waals surface area contributed by atoms with Gasteiger partial charge in [0.1, 0.15) is 12.0 Å². The molecule has 1 atom stereocenters. The van der Waals surface area contributed by atoms with Gasteiger partial charge in [-0.3, -0.25) is 19.4 Å². The first-order valence-electron chi connectivity index (χ1n) is 12.8. The molecule has 37 heavy (non-hydrogen) atoms. The molecule has 1 amide bonds. The number of ether oxygens (including phenoxy) is 1. The molecular formula is C29H34N4O4. The van der Waals surface area contributed by atoms with E-state index in [1.807, 2.05) is 48.3 Å². The second-order valence-corrected chi connectivity index (χ2v) is 10.1. The number of likely N-dealkylation sites (N-methyl/N-ethyl adjacent to an activating group) is 2. The van der Waals surface area contributed by atoms with Crippen molar-refractivity contribution in [3.63, 3.8) is 0 Å². The van der Waals surface area contributed by atoms with E-state index < -0.39 is 6.04 Å². The molecule has 2 aliphatic rings. The van der Waals surface area contributed by atoms with Crippen LogP contribution in [0, 0.1) is 11.3 Å². The molecule has 1 fully saturated rings. The number of amides is 1. The largest absolute Gasteiger partial charge is 0.492 e. The summed E-state index contributed by atoms with van der Waals surface area (Å²) in [5.74, 6) is 0.611. The number of hydrogen-bond donors (Lipinski definition) is 1. The molecule has 0 bridgehead atoms. The minimum atomic E-state index is -0.480. The molecule has 4 rings (SSSR count). The van der Waals surface area contributed by atoms with Crippen molar-refractivity contribution < 1.29 is 19.1 Å². The van der Waals surface area contributed by atoms with Gasteiger partial charge >= 0.3 is 0 Å². The van der Waals surface area contributed by atoms with E-state index in [0.29, 0.717) is 30.7 Å². The predicted molar refractivity (Wildman–Crippen MR) is 139 cm³/mol. The van der Waals surface area contributed by atoms with E-state index in [4.69, 9.17) is 10.00 Å². The lowest BCUT2D eigenvalue weighted by Gasteiger charge is -2.38. The highest BCUT2D eigenvalue weighted by Crippen LogP contribution is 2.48. The minimum absolute atomic E-state index is 0.0943. The van der Waals surface area contributed by atoms with Gasteiger partial charge < -0.3 is 14.8 Å². The summed E-state index contributed by atoms with van der Waals surface area (Å²) in [7, 11) is 3.42. The summed E-state index contributed by atoms with van der Waals surface area (Å²) >= 11 is 0. The van der Waals surface area contributed by atoms with E-state index in [-0.39, 0.29) is 17.7 Å². The quantitative estimate of drug-likeness (QED) is 0.499. The van der Waals surface area contributed by atoms with Crippen LogP contribution in [-0.4, -0.2) is 68.1 Å². The van der Waals surface area contributed by atoms with Gasteiger partial charge in [0.15, 0.2) is 6.29 Å². The number of benzene rings is 2. The molecule has 0 aliphatic carbocycles.